The highest BCUT2D eigenvalue weighted by Gasteiger charge is 2.46. The molecule has 9 nitrogen and oxygen atoms in total. The third-order valence-corrected chi connectivity index (χ3v) is 6.22. The van der Waals surface area contributed by atoms with Crippen molar-refractivity contribution < 1.29 is 18.7 Å². The predicted octanol–water partition coefficient (Wildman–Crippen LogP) is 1.72. The van der Waals surface area contributed by atoms with Crippen LogP contribution in [-0.2, 0) is 23.0 Å². The number of ether oxygens (including phenoxy) is 2. The smallest absolute Gasteiger partial charge is 0.419 e. The number of amides is 1. The van der Waals surface area contributed by atoms with Crippen molar-refractivity contribution >= 4 is 17.0 Å². The van der Waals surface area contributed by atoms with Crippen LogP contribution in [0.25, 0.3) is 22.2 Å². The molecule has 4 rings (SSSR count). The zero-order valence-corrected chi connectivity index (χ0v) is 18.6. The Morgan fingerprint density at radius 1 is 1.33 bits per heavy atom. The Morgan fingerprint density at radius 2 is 2.09 bits per heavy atom. The van der Waals surface area contributed by atoms with Crippen molar-refractivity contribution in [2.75, 3.05) is 26.8 Å². The summed E-state index contributed by atoms with van der Waals surface area (Å²) in [6.45, 7) is 1.23. The largest absolute Gasteiger partial charge is 0.496 e. The van der Waals surface area contributed by atoms with E-state index < -0.39 is 23.2 Å². The van der Waals surface area contributed by atoms with Crippen molar-refractivity contribution in [1.29, 1.82) is 5.26 Å². The molecule has 1 amide bonds. The van der Waals surface area contributed by atoms with Gasteiger partial charge < -0.3 is 24.9 Å². The van der Waals surface area contributed by atoms with E-state index >= 15 is 0 Å². The molecule has 0 radical (unpaired) electrons. The maximum Gasteiger partial charge on any atom is 0.419 e. The minimum absolute atomic E-state index is 0.185. The van der Waals surface area contributed by atoms with Gasteiger partial charge in [0.2, 0.25) is 0 Å². The van der Waals surface area contributed by atoms with E-state index in [0.29, 0.717) is 30.0 Å². The molecule has 33 heavy (non-hydrogen) atoms. The Bertz CT molecular complexity index is 1280. The van der Waals surface area contributed by atoms with E-state index in [0.717, 1.165) is 23.1 Å². The van der Waals surface area contributed by atoms with E-state index in [1.54, 1.807) is 20.2 Å². The molecule has 0 bridgehead atoms. The molecule has 1 aliphatic rings. The Labute approximate surface area is 190 Å². The molecular formula is C24H26N4O5. The first kappa shape index (κ1) is 22.6. The van der Waals surface area contributed by atoms with Crippen molar-refractivity contribution in [3.8, 4) is 22.9 Å². The van der Waals surface area contributed by atoms with Gasteiger partial charge in [0.25, 0.3) is 5.91 Å². The maximum absolute atomic E-state index is 12.4. The zero-order chi connectivity index (χ0) is 23.6. The van der Waals surface area contributed by atoms with Gasteiger partial charge in [-0.15, -0.1) is 0 Å². The number of oxazole rings is 1. The first-order valence-electron chi connectivity index (χ1n) is 10.7. The molecule has 9 heteroatoms. The Balaban J connectivity index is 1.68. The molecule has 0 aliphatic carbocycles. The van der Waals surface area contributed by atoms with E-state index in [9.17, 15) is 14.9 Å². The number of hydrogen-bond donors (Lipinski definition) is 2. The lowest BCUT2D eigenvalue weighted by molar-refractivity contribution is -0.147. The van der Waals surface area contributed by atoms with Crippen LogP contribution in [-0.4, -0.2) is 42.9 Å². The lowest BCUT2D eigenvalue weighted by atomic mass is 9.82. The summed E-state index contributed by atoms with van der Waals surface area (Å²) in [5, 5.41) is 13.1. The standard InChI is InChI=1S/C24H26N4O5/c1-28-19-11-15(6-7-20(19)33-23(28)30)16-4-5-17(21(12-16)31-2)10-18(13-25)24(22(26)29)14-27-8-3-9-32-24/h4-7,11-12,18,27H,3,8-10,14H2,1-2H3,(H2,26,29)/t18-,24?/m0/s1. The second-order valence-corrected chi connectivity index (χ2v) is 8.15. The van der Waals surface area contributed by atoms with Crippen LogP contribution in [0.5, 0.6) is 5.75 Å². The number of nitrogens with one attached hydrogen (secondary N) is 1. The van der Waals surface area contributed by atoms with E-state index in [1.165, 1.54) is 4.57 Å². The summed E-state index contributed by atoms with van der Waals surface area (Å²) in [6, 6.07) is 13.4. The number of primary amides is 1. The van der Waals surface area contributed by atoms with Gasteiger partial charge in [-0.1, -0.05) is 18.2 Å². The minimum atomic E-state index is -1.41. The van der Waals surface area contributed by atoms with Gasteiger partial charge in [-0.05, 0) is 54.3 Å². The van der Waals surface area contributed by atoms with Gasteiger partial charge in [-0.2, -0.15) is 5.26 Å². The third kappa shape index (κ3) is 4.11. The first-order valence-corrected chi connectivity index (χ1v) is 10.7. The SMILES string of the molecule is COc1cc(-c2ccc3oc(=O)n(C)c3c2)ccc1C[C@@H](C#N)C1(C(N)=O)CNCCCO1. The number of aromatic nitrogens is 1. The van der Waals surface area contributed by atoms with Gasteiger partial charge in [0, 0.05) is 20.2 Å². The molecule has 2 aromatic carbocycles. The molecule has 1 fully saturated rings. The van der Waals surface area contributed by atoms with Crippen LogP contribution in [0.3, 0.4) is 0 Å². The van der Waals surface area contributed by atoms with Crippen LogP contribution in [0.4, 0.5) is 0 Å². The number of carbonyl (C=O) groups excluding carboxylic acids is 1. The highest BCUT2D eigenvalue weighted by atomic mass is 16.5. The highest BCUT2D eigenvalue weighted by molar-refractivity contribution is 5.85. The molecule has 0 saturated carbocycles. The molecular weight excluding hydrogens is 424 g/mol. The Hall–Kier alpha value is -3.61. The maximum atomic E-state index is 12.4. The summed E-state index contributed by atoms with van der Waals surface area (Å²) < 4.78 is 18.1. The Kier molecular flexibility index (Phi) is 6.22. The van der Waals surface area contributed by atoms with Crippen molar-refractivity contribution in [2.45, 2.75) is 18.4 Å². The van der Waals surface area contributed by atoms with E-state index in [4.69, 9.17) is 19.6 Å². The van der Waals surface area contributed by atoms with Crippen molar-refractivity contribution in [3.05, 3.63) is 52.5 Å². The van der Waals surface area contributed by atoms with Crippen molar-refractivity contribution in [3.63, 3.8) is 0 Å². The molecule has 1 aromatic heterocycles. The molecule has 172 valence electrons. The monoisotopic (exact) mass is 450 g/mol. The number of fused-ring (bicyclic) bond motifs is 1. The van der Waals surface area contributed by atoms with Crippen LogP contribution < -0.4 is 21.5 Å². The van der Waals surface area contributed by atoms with E-state index in [-0.39, 0.29) is 13.0 Å². The predicted molar refractivity (Wildman–Crippen MR) is 122 cm³/mol. The normalized spacial score (nSPS) is 19.5. The average Bonchev–Trinajstić information content (AvgIpc) is 2.98. The number of nitriles is 1. The van der Waals surface area contributed by atoms with E-state index in [1.807, 2.05) is 30.3 Å². The molecule has 2 atom stereocenters. The number of rotatable bonds is 6. The molecule has 3 N–H and O–H groups in total. The number of methoxy groups -OCH3 is 1. The van der Waals surface area contributed by atoms with Crippen molar-refractivity contribution in [1.82, 2.24) is 9.88 Å². The molecule has 1 aliphatic heterocycles. The number of hydrogen-bond acceptors (Lipinski definition) is 7. The highest BCUT2D eigenvalue weighted by Crippen LogP contribution is 2.33. The molecule has 1 unspecified atom stereocenters. The van der Waals surface area contributed by atoms with Gasteiger partial charge in [0.05, 0.1) is 24.6 Å². The molecule has 3 aromatic rings. The number of nitrogens with zero attached hydrogens (tertiary/aromatic N) is 2. The fourth-order valence-electron chi connectivity index (χ4n) is 4.26. The number of nitrogens with two attached hydrogens (primary N) is 1. The lowest BCUT2D eigenvalue weighted by Gasteiger charge is -2.33. The fourth-order valence-corrected chi connectivity index (χ4v) is 4.26. The fraction of sp³-hybridized carbons (Fsp3) is 0.375. The van der Waals surface area contributed by atoms with Gasteiger partial charge >= 0.3 is 5.76 Å². The summed E-state index contributed by atoms with van der Waals surface area (Å²) in [4.78, 5) is 24.2. The quantitative estimate of drug-likeness (QED) is 0.584. The minimum Gasteiger partial charge on any atom is -0.496 e. The number of aryl methyl sites for hydroxylation is 1. The molecule has 2 heterocycles. The topological polar surface area (TPSA) is 133 Å². The summed E-state index contributed by atoms with van der Waals surface area (Å²) >= 11 is 0. The second-order valence-electron chi connectivity index (χ2n) is 8.15. The third-order valence-electron chi connectivity index (χ3n) is 6.22. The Morgan fingerprint density at radius 3 is 2.82 bits per heavy atom. The van der Waals surface area contributed by atoms with Gasteiger partial charge in [0.15, 0.2) is 11.2 Å². The summed E-state index contributed by atoms with van der Waals surface area (Å²) in [5.41, 5.74) is 8.02. The lowest BCUT2D eigenvalue weighted by Crippen LogP contribution is -2.57. The molecule has 0 spiro atoms. The van der Waals surface area contributed by atoms with Crippen molar-refractivity contribution in [2.24, 2.45) is 18.7 Å². The summed E-state index contributed by atoms with van der Waals surface area (Å²) in [5.74, 6) is -1.29. The van der Waals surface area contributed by atoms with Crippen LogP contribution in [0, 0.1) is 17.2 Å². The van der Waals surface area contributed by atoms with E-state index in [2.05, 4.69) is 11.4 Å². The van der Waals surface area contributed by atoms with Gasteiger partial charge in [-0.25, -0.2) is 4.79 Å². The summed E-state index contributed by atoms with van der Waals surface area (Å²) in [7, 11) is 3.21. The van der Waals surface area contributed by atoms with Gasteiger partial charge in [0.1, 0.15) is 5.75 Å². The number of carbonyl (C=O) groups is 1. The van der Waals surface area contributed by atoms with Crippen LogP contribution in [0.1, 0.15) is 12.0 Å². The molecule has 1 saturated heterocycles. The van der Waals surface area contributed by atoms with Crippen LogP contribution >= 0.6 is 0 Å². The zero-order valence-electron chi connectivity index (χ0n) is 18.6. The van der Waals surface area contributed by atoms with Crippen LogP contribution in [0.15, 0.2) is 45.6 Å². The average molecular weight is 450 g/mol. The first-order chi connectivity index (χ1) is 15.9. The number of benzene rings is 2. The second kappa shape index (κ2) is 9.10. The van der Waals surface area contributed by atoms with Crippen LogP contribution in [0.2, 0.25) is 0 Å². The summed E-state index contributed by atoms with van der Waals surface area (Å²) in [6.07, 6.45) is 0.970. The van der Waals surface area contributed by atoms with Gasteiger partial charge in [-0.3, -0.25) is 9.36 Å².